The molecule has 1 atom stereocenters. The van der Waals surface area contributed by atoms with Crippen molar-refractivity contribution in [2.24, 2.45) is 5.92 Å². The maximum absolute atomic E-state index is 14.9. The first-order chi connectivity index (χ1) is 17.7. The normalized spacial score (nSPS) is 15.9. The van der Waals surface area contributed by atoms with Crippen LogP contribution in [0.3, 0.4) is 0 Å². The molecule has 0 spiro atoms. The van der Waals surface area contributed by atoms with Crippen LogP contribution in [0.1, 0.15) is 51.5 Å². The molecule has 4 rings (SSSR count). The Labute approximate surface area is 213 Å². The monoisotopic (exact) mass is 516 g/mol. The molecular weight excluding hydrogens is 487 g/mol. The lowest BCUT2D eigenvalue weighted by Gasteiger charge is -2.25. The highest BCUT2D eigenvalue weighted by molar-refractivity contribution is 5.71. The van der Waals surface area contributed by atoms with Gasteiger partial charge in [0.2, 0.25) is 5.82 Å². The molecule has 0 bridgehead atoms. The number of hydrogen-bond acceptors (Lipinski definition) is 2. The average molecular weight is 517 g/mol. The second-order valence-corrected chi connectivity index (χ2v) is 9.16. The Morgan fingerprint density at radius 3 is 2.14 bits per heavy atom. The first-order valence-electron chi connectivity index (χ1n) is 12.5. The van der Waals surface area contributed by atoms with Crippen LogP contribution < -0.4 is 4.74 Å². The molecule has 2 nitrogen and oxygen atoms in total. The van der Waals surface area contributed by atoms with Gasteiger partial charge in [-0.3, -0.25) is 0 Å². The number of allylic oxidation sites excluding steroid dienone is 2. The average Bonchev–Trinajstić information content (AvgIpc) is 2.88. The summed E-state index contributed by atoms with van der Waals surface area (Å²) >= 11 is 0. The lowest BCUT2D eigenvalue weighted by Crippen LogP contribution is -2.20. The summed E-state index contributed by atoms with van der Waals surface area (Å²) < 4.78 is 83.3. The highest BCUT2D eigenvalue weighted by atomic mass is 19.3. The Kier molecular flexibility index (Phi) is 8.20. The third-order valence-corrected chi connectivity index (χ3v) is 6.59. The minimum atomic E-state index is -3.66. The van der Waals surface area contributed by atoms with Gasteiger partial charge in [-0.25, -0.2) is 8.78 Å². The van der Waals surface area contributed by atoms with E-state index in [0.717, 1.165) is 31.4 Å². The molecule has 3 aromatic carbocycles. The summed E-state index contributed by atoms with van der Waals surface area (Å²) in [7, 11) is 0. The third-order valence-electron chi connectivity index (χ3n) is 6.59. The summed E-state index contributed by atoms with van der Waals surface area (Å²) in [4.78, 5) is 0. The maximum atomic E-state index is 14.9. The lowest BCUT2D eigenvalue weighted by atomic mass is 9.90. The van der Waals surface area contributed by atoms with Crippen LogP contribution in [-0.2, 0) is 10.8 Å². The summed E-state index contributed by atoms with van der Waals surface area (Å²) in [5.74, 6) is -2.44. The van der Waals surface area contributed by atoms with Gasteiger partial charge in [0, 0.05) is 17.5 Å². The van der Waals surface area contributed by atoms with Gasteiger partial charge >= 0.3 is 6.11 Å². The van der Waals surface area contributed by atoms with Crippen molar-refractivity contribution in [1.82, 2.24) is 0 Å². The van der Waals surface area contributed by atoms with E-state index in [9.17, 15) is 22.0 Å². The molecule has 7 heteroatoms. The number of halogens is 5. The summed E-state index contributed by atoms with van der Waals surface area (Å²) in [6.07, 6.45) is 2.09. The van der Waals surface area contributed by atoms with Gasteiger partial charge in [-0.05, 0) is 67.2 Å². The summed E-state index contributed by atoms with van der Waals surface area (Å²) in [5, 5.41) is 0. The standard InChI is InChI=1S/C30H29F5O2/c1-3-5-19-6-13-23(14-7-19)37-30(34,35)22-12-15-24(26(31)18-22)20-8-10-21(11-9-20)25-16-17-27(36-4-2)29(33)28(25)32/h8-13,15-19H,3-7,14H2,1-2H3. The van der Waals surface area contributed by atoms with Gasteiger partial charge in [-0.2, -0.15) is 13.2 Å². The van der Waals surface area contributed by atoms with Crippen molar-refractivity contribution < 1.29 is 31.4 Å². The van der Waals surface area contributed by atoms with E-state index >= 15 is 0 Å². The van der Waals surface area contributed by atoms with Gasteiger partial charge in [0.1, 0.15) is 5.82 Å². The minimum Gasteiger partial charge on any atom is -0.491 e. The molecule has 0 aliphatic heterocycles. The van der Waals surface area contributed by atoms with E-state index in [1.807, 2.05) is 0 Å². The van der Waals surface area contributed by atoms with E-state index < -0.39 is 29.1 Å². The molecule has 1 unspecified atom stereocenters. The molecule has 0 heterocycles. The summed E-state index contributed by atoms with van der Waals surface area (Å²) in [6.45, 7) is 3.96. The molecule has 0 saturated carbocycles. The number of alkyl halides is 2. The van der Waals surface area contributed by atoms with E-state index in [-0.39, 0.29) is 29.2 Å². The number of hydrogen-bond donors (Lipinski definition) is 0. The second kappa shape index (κ2) is 11.4. The van der Waals surface area contributed by atoms with Crippen LogP contribution >= 0.6 is 0 Å². The molecule has 1 aliphatic carbocycles. The van der Waals surface area contributed by atoms with Crippen molar-refractivity contribution in [3.63, 3.8) is 0 Å². The van der Waals surface area contributed by atoms with Crippen LogP contribution in [0.4, 0.5) is 22.0 Å². The summed E-state index contributed by atoms with van der Waals surface area (Å²) in [5.41, 5.74) is 0.332. The zero-order valence-corrected chi connectivity index (χ0v) is 20.8. The molecule has 37 heavy (non-hydrogen) atoms. The van der Waals surface area contributed by atoms with Crippen LogP contribution in [-0.4, -0.2) is 6.61 Å². The Hall–Kier alpha value is -3.35. The van der Waals surface area contributed by atoms with Gasteiger partial charge in [0.15, 0.2) is 11.6 Å². The van der Waals surface area contributed by atoms with E-state index in [0.29, 0.717) is 29.9 Å². The Balaban J connectivity index is 1.51. The molecule has 0 radical (unpaired) electrons. The van der Waals surface area contributed by atoms with Crippen molar-refractivity contribution in [2.75, 3.05) is 6.61 Å². The van der Waals surface area contributed by atoms with Crippen molar-refractivity contribution in [2.45, 2.75) is 52.1 Å². The third kappa shape index (κ3) is 5.97. The fraction of sp³-hybridized carbons (Fsp3) is 0.333. The minimum absolute atomic E-state index is 0.0261. The van der Waals surface area contributed by atoms with Gasteiger partial charge in [0.25, 0.3) is 0 Å². The molecule has 1 aliphatic rings. The highest BCUT2D eigenvalue weighted by Crippen LogP contribution is 2.38. The number of benzene rings is 3. The first kappa shape index (κ1) is 26.7. The van der Waals surface area contributed by atoms with Crippen molar-refractivity contribution in [3.05, 3.63) is 89.4 Å². The molecule has 3 aromatic rings. The smallest absolute Gasteiger partial charge is 0.426 e. The van der Waals surface area contributed by atoms with Crippen LogP contribution in [0.25, 0.3) is 22.3 Å². The first-order valence-corrected chi connectivity index (χ1v) is 12.5. The van der Waals surface area contributed by atoms with Crippen molar-refractivity contribution >= 4 is 0 Å². The fourth-order valence-corrected chi connectivity index (χ4v) is 4.63. The molecular formula is C30H29F5O2. The quantitative estimate of drug-likeness (QED) is 0.264. The van der Waals surface area contributed by atoms with Crippen LogP contribution in [0, 0.1) is 23.4 Å². The fourth-order valence-electron chi connectivity index (χ4n) is 4.63. The van der Waals surface area contributed by atoms with Gasteiger partial charge < -0.3 is 9.47 Å². The van der Waals surface area contributed by atoms with E-state index in [2.05, 4.69) is 6.92 Å². The van der Waals surface area contributed by atoms with Crippen molar-refractivity contribution in [1.29, 1.82) is 0 Å². The topological polar surface area (TPSA) is 18.5 Å². The lowest BCUT2D eigenvalue weighted by molar-refractivity contribution is -0.226. The molecule has 0 aromatic heterocycles. The molecule has 0 fully saturated rings. The highest BCUT2D eigenvalue weighted by Gasteiger charge is 2.36. The van der Waals surface area contributed by atoms with Gasteiger partial charge in [0.05, 0.1) is 17.9 Å². The van der Waals surface area contributed by atoms with Crippen LogP contribution in [0.5, 0.6) is 5.75 Å². The number of ether oxygens (including phenoxy) is 2. The van der Waals surface area contributed by atoms with Crippen molar-refractivity contribution in [3.8, 4) is 28.0 Å². The van der Waals surface area contributed by atoms with Crippen LogP contribution in [0.2, 0.25) is 0 Å². The summed E-state index contributed by atoms with van der Waals surface area (Å²) in [6, 6.07) is 12.0. The molecule has 196 valence electrons. The largest absolute Gasteiger partial charge is 0.491 e. The number of rotatable bonds is 9. The molecule has 0 saturated heterocycles. The maximum Gasteiger partial charge on any atom is 0.426 e. The van der Waals surface area contributed by atoms with Gasteiger partial charge in [-0.15, -0.1) is 0 Å². The predicted octanol–water partition coefficient (Wildman–Crippen LogP) is 9.39. The molecule has 0 N–H and O–H groups in total. The van der Waals surface area contributed by atoms with Crippen LogP contribution in [0.15, 0.2) is 66.4 Å². The zero-order chi connectivity index (χ0) is 26.6. The Morgan fingerprint density at radius 1 is 0.865 bits per heavy atom. The van der Waals surface area contributed by atoms with Gasteiger partial charge in [-0.1, -0.05) is 50.1 Å². The van der Waals surface area contributed by atoms with E-state index in [1.54, 1.807) is 13.0 Å². The van der Waals surface area contributed by atoms with E-state index in [4.69, 9.17) is 9.47 Å². The SMILES string of the molecule is CCCC1CC=C(OC(F)(F)c2ccc(-c3ccc(-c4ccc(OCC)c(F)c4F)cc3)c(F)c2)CC1. The van der Waals surface area contributed by atoms with E-state index in [1.165, 1.54) is 42.5 Å². The zero-order valence-electron chi connectivity index (χ0n) is 20.8. The predicted molar refractivity (Wildman–Crippen MR) is 134 cm³/mol. The second-order valence-electron chi connectivity index (χ2n) is 9.16. The Morgan fingerprint density at radius 2 is 1.54 bits per heavy atom. The molecule has 0 amide bonds. The Bertz CT molecular complexity index is 1270.